The number of terminal acetylenes is 1. The van der Waals surface area contributed by atoms with Crippen LogP contribution in [0.2, 0.25) is 0 Å². The van der Waals surface area contributed by atoms with Gasteiger partial charge in [-0.05, 0) is 12.8 Å². The third-order valence-corrected chi connectivity index (χ3v) is 5.07. The van der Waals surface area contributed by atoms with Crippen molar-refractivity contribution in [3.05, 3.63) is 0 Å². The number of ether oxygens (including phenoxy) is 1. The molecule has 0 bridgehead atoms. The van der Waals surface area contributed by atoms with Gasteiger partial charge in [-0.3, -0.25) is 4.79 Å². The zero-order valence-electron chi connectivity index (χ0n) is 10.8. The summed E-state index contributed by atoms with van der Waals surface area (Å²) in [5, 5.41) is 3.45. The van der Waals surface area contributed by atoms with Crippen molar-refractivity contribution < 1.29 is 9.53 Å². The van der Waals surface area contributed by atoms with Crippen LogP contribution in [-0.2, 0) is 9.53 Å². The average molecular weight is 248 g/mol. The molecular weight excluding hydrogens is 228 g/mol. The van der Waals surface area contributed by atoms with Crippen LogP contribution >= 0.6 is 0 Å². The zero-order valence-corrected chi connectivity index (χ0v) is 10.8. The lowest BCUT2D eigenvalue weighted by molar-refractivity contribution is -0.164. The molecule has 4 nitrogen and oxygen atoms in total. The van der Waals surface area contributed by atoms with Gasteiger partial charge in [0.25, 0.3) is 0 Å². The number of hydrogen-bond acceptors (Lipinski definition) is 3. The van der Waals surface area contributed by atoms with E-state index in [1.807, 2.05) is 0 Å². The fraction of sp³-hybridized carbons (Fsp3) is 0.786. The maximum atomic E-state index is 12.4. The number of amides is 1. The first kappa shape index (κ1) is 12.0. The van der Waals surface area contributed by atoms with E-state index in [-0.39, 0.29) is 17.4 Å². The molecule has 1 aliphatic carbocycles. The van der Waals surface area contributed by atoms with Gasteiger partial charge in [0.2, 0.25) is 5.91 Å². The van der Waals surface area contributed by atoms with Gasteiger partial charge in [-0.2, -0.15) is 0 Å². The van der Waals surface area contributed by atoms with E-state index < -0.39 is 0 Å². The van der Waals surface area contributed by atoms with E-state index in [9.17, 15) is 4.79 Å². The lowest BCUT2D eigenvalue weighted by atomic mass is 9.58. The summed E-state index contributed by atoms with van der Waals surface area (Å²) in [4.78, 5) is 14.2. The highest BCUT2D eigenvalue weighted by Gasteiger charge is 2.66. The van der Waals surface area contributed by atoms with Crippen molar-refractivity contribution in [1.82, 2.24) is 10.2 Å². The van der Waals surface area contributed by atoms with E-state index >= 15 is 0 Å². The molecule has 4 atom stereocenters. The minimum absolute atomic E-state index is 0.0211. The van der Waals surface area contributed by atoms with Gasteiger partial charge < -0.3 is 15.0 Å². The van der Waals surface area contributed by atoms with Gasteiger partial charge in [0.1, 0.15) is 0 Å². The molecule has 3 rings (SSSR count). The van der Waals surface area contributed by atoms with E-state index in [2.05, 4.69) is 11.2 Å². The van der Waals surface area contributed by atoms with Gasteiger partial charge in [-0.25, -0.2) is 0 Å². The Bertz CT molecular complexity index is 403. The molecule has 0 aromatic heterocycles. The van der Waals surface area contributed by atoms with Crippen molar-refractivity contribution in [2.75, 3.05) is 26.8 Å². The highest BCUT2D eigenvalue weighted by atomic mass is 16.5. The molecule has 2 heterocycles. The third-order valence-electron chi connectivity index (χ3n) is 5.07. The van der Waals surface area contributed by atoms with E-state index in [1.54, 1.807) is 12.0 Å². The van der Waals surface area contributed by atoms with Crippen LogP contribution in [0.15, 0.2) is 0 Å². The van der Waals surface area contributed by atoms with Gasteiger partial charge in [-0.15, -0.1) is 6.42 Å². The highest BCUT2D eigenvalue weighted by molar-refractivity contribution is 5.86. The smallest absolute Gasteiger partial charge is 0.241 e. The SMILES string of the molecule is C#CCN1C[C@H](COC)C23CCCC2NC3C1=O. The lowest BCUT2D eigenvalue weighted by Crippen LogP contribution is -2.79. The standard InChI is InChI=1S/C14H20N2O2/c1-3-7-16-8-10(9-18-2)14-6-4-5-11(14)15-12(14)13(16)17/h1,10-12,15H,4-9H2,2H3/t10-,11?,12?,14?/m1/s1. The first-order chi connectivity index (χ1) is 8.74. The van der Waals surface area contributed by atoms with Crippen LogP contribution in [0.1, 0.15) is 19.3 Å². The van der Waals surface area contributed by atoms with Gasteiger partial charge >= 0.3 is 0 Å². The molecule has 3 aliphatic rings. The summed E-state index contributed by atoms with van der Waals surface area (Å²) in [6.45, 7) is 1.90. The second-order valence-corrected chi connectivity index (χ2v) is 5.73. The third kappa shape index (κ3) is 1.38. The molecule has 18 heavy (non-hydrogen) atoms. The summed E-state index contributed by atoms with van der Waals surface area (Å²) in [5.41, 5.74) is 0.151. The maximum Gasteiger partial charge on any atom is 0.241 e. The van der Waals surface area contributed by atoms with E-state index in [0.29, 0.717) is 18.5 Å². The number of methoxy groups -OCH3 is 1. The van der Waals surface area contributed by atoms with Gasteiger partial charge in [-0.1, -0.05) is 12.3 Å². The zero-order chi connectivity index (χ0) is 12.8. The molecule has 1 N–H and O–H groups in total. The molecule has 0 aromatic rings. The number of piperidine rings is 1. The molecule has 2 saturated heterocycles. The summed E-state index contributed by atoms with van der Waals surface area (Å²) >= 11 is 0. The molecule has 0 aromatic carbocycles. The Labute approximate surface area is 108 Å². The number of hydrogen-bond donors (Lipinski definition) is 1. The number of nitrogens with one attached hydrogen (secondary N) is 1. The first-order valence-corrected chi connectivity index (χ1v) is 6.71. The Morgan fingerprint density at radius 1 is 1.67 bits per heavy atom. The van der Waals surface area contributed by atoms with Crippen LogP contribution < -0.4 is 5.32 Å². The summed E-state index contributed by atoms with van der Waals surface area (Å²) in [6.07, 6.45) is 8.91. The Hall–Kier alpha value is -1.05. The van der Waals surface area contributed by atoms with E-state index in [0.717, 1.165) is 19.6 Å². The Morgan fingerprint density at radius 3 is 3.17 bits per heavy atom. The fourth-order valence-corrected chi connectivity index (χ4v) is 4.30. The maximum absolute atomic E-state index is 12.4. The minimum Gasteiger partial charge on any atom is -0.384 e. The molecule has 98 valence electrons. The molecule has 3 fully saturated rings. The molecule has 3 unspecified atom stereocenters. The van der Waals surface area contributed by atoms with Gasteiger partial charge in [0, 0.05) is 31.0 Å². The van der Waals surface area contributed by atoms with Crippen LogP contribution in [0.4, 0.5) is 0 Å². The number of rotatable bonds is 3. The lowest BCUT2D eigenvalue weighted by Gasteiger charge is -2.61. The van der Waals surface area contributed by atoms with Crippen LogP contribution in [-0.4, -0.2) is 49.7 Å². The normalized spacial score (nSPS) is 41.9. The first-order valence-electron chi connectivity index (χ1n) is 6.71. The second kappa shape index (κ2) is 4.25. The number of carbonyl (C=O) groups is 1. The Morgan fingerprint density at radius 2 is 2.50 bits per heavy atom. The summed E-state index contributed by atoms with van der Waals surface area (Å²) in [6, 6.07) is 0.492. The van der Waals surface area contributed by atoms with Crippen molar-refractivity contribution in [2.45, 2.75) is 31.3 Å². The van der Waals surface area contributed by atoms with Crippen LogP contribution in [0.25, 0.3) is 0 Å². The number of nitrogens with zero attached hydrogens (tertiary/aromatic N) is 1. The predicted molar refractivity (Wildman–Crippen MR) is 67.8 cm³/mol. The number of carbonyl (C=O) groups excluding carboxylic acids is 1. The van der Waals surface area contributed by atoms with Crippen LogP contribution in [0, 0.1) is 23.7 Å². The Kier molecular flexibility index (Phi) is 2.84. The summed E-state index contributed by atoms with van der Waals surface area (Å²) < 4.78 is 5.38. The summed E-state index contributed by atoms with van der Waals surface area (Å²) in [5.74, 6) is 3.20. The van der Waals surface area contributed by atoms with Crippen molar-refractivity contribution >= 4 is 5.91 Å². The largest absolute Gasteiger partial charge is 0.384 e. The molecule has 4 heteroatoms. The number of likely N-dealkylation sites (tertiary alicyclic amines) is 1. The van der Waals surface area contributed by atoms with Crippen molar-refractivity contribution in [2.24, 2.45) is 11.3 Å². The average Bonchev–Trinajstić information content (AvgIpc) is 2.63. The molecule has 1 spiro atoms. The second-order valence-electron chi connectivity index (χ2n) is 5.73. The highest BCUT2D eigenvalue weighted by Crippen LogP contribution is 2.56. The minimum atomic E-state index is -0.0211. The topological polar surface area (TPSA) is 41.6 Å². The predicted octanol–water partition coefficient (Wildman–Crippen LogP) is 0.235. The fourth-order valence-electron chi connectivity index (χ4n) is 4.30. The van der Waals surface area contributed by atoms with Crippen LogP contribution in [0.5, 0.6) is 0 Å². The molecule has 0 radical (unpaired) electrons. The quantitative estimate of drug-likeness (QED) is 0.727. The monoisotopic (exact) mass is 248 g/mol. The van der Waals surface area contributed by atoms with Crippen molar-refractivity contribution in [3.63, 3.8) is 0 Å². The van der Waals surface area contributed by atoms with Gasteiger partial charge in [0.05, 0.1) is 19.2 Å². The molecule has 1 amide bonds. The van der Waals surface area contributed by atoms with Crippen molar-refractivity contribution in [3.8, 4) is 12.3 Å². The van der Waals surface area contributed by atoms with E-state index in [4.69, 9.17) is 11.2 Å². The van der Waals surface area contributed by atoms with Crippen molar-refractivity contribution in [1.29, 1.82) is 0 Å². The Balaban J connectivity index is 1.87. The van der Waals surface area contributed by atoms with E-state index in [1.165, 1.54) is 12.8 Å². The molecular formula is C14H20N2O2. The molecule has 1 saturated carbocycles. The summed E-state index contributed by atoms with van der Waals surface area (Å²) in [7, 11) is 1.74. The van der Waals surface area contributed by atoms with Gasteiger partial charge in [0.15, 0.2) is 0 Å². The van der Waals surface area contributed by atoms with Crippen LogP contribution in [0.3, 0.4) is 0 Å². The molecule has 2 aliphatic heterocycles.